The summed E-state index contributed by atoms with van der Waals surface area (Å²) in [5.74, 6) is 0.0759. The third kappa shape index (κ3) is 3.22. The zero-order valence-corrected chi connectivity index (χ0v) is 12.8. The van der Waals surface area contributed by atoms with Gasteiger partial charge in [0.2, 0.25) is 5.91 Å². The quantitative estimate of drug-likeness (QED) is 0.807. The molecule has 0 bridgehead atoms. The van der Waals surface area contributed by atoms with Crippen LogP contribution in [0, 0.1) is 6.92 Å². The van der Waals surface area contributed by atoms with Crippen LogP contribution in [0.3, 0.4) is 0 Å². The van der Waals surface area contributed by atoms with Crippen molar-refractivity contribution in [2.75, 3.05) is 6.54 Å². The molecule has 1 amide bonds. The van der Waals surface area contributed by atoms with Crippen molar-refractivity contribution in [2.45, 2.75) is 25.8 Å². The molecule has 1 aliphatic rings. The van der Waals surface area contributed by atoms with E-state index in [0.29, 0.717) is 0 Å². The Hall–Kier alpha value is -1.94. The van der Waals surface area contributed by atoms with Gasteiger partial charge >= 0.3 is 0 Å². The summed E-state index contributed by atoms with van der Waals surface area (Å²) in [6.45, 7) is 2.80. The molecule has 2 aromatic rings. The number of amides is 1. The van der Waals surface area contributed by atoms with Crippen molar-refractivity contribution in [3.8, 4) is 0 Å². The monoisotopic (exact) mass is 298 g/mol. The summed E-state index contributed by atoms with van der Waals surface area (Å²) in [6, 6.07) is 10.5. The molecule has 1 atom stereocenters. The van der Waals surface area contributed by atoms with Crippen LogP contribution in [0.25, 0.3) is 6.08 Å². The molecule has 0 radical (unpaired) electrons. The second-order valence-electron chi connectivity index (χ2n) is 5.23. The molecule has 0 spiro atoms. The van der Waals surface area contributed by atoms with Crippen LogP contribution >= 0.6 is 11.3 Å². The minimum absolute atomic E-state index is 0.0759. The Morgan fingerprint density at radius 1 is 1.38 bits per heavy atom. The zero-order valence-electron chi connectivity index (χ0n) is 12.0. The number of carbonyl (C=O) groups excluding carboxylic acids is 1. The van der Waals surface area contributed by atoms with E-state index in [1.807, 2.05) is 41.5 Å². The number of carbonyl (C=O) groups is 1. The molecule has 4 heteroatoms. The van der Waals surface area contributed by atoms with Gasteiger partial charge in [-0.05, 0) is 31.4 Å². The fourth-order valence-electron chi connectivity index (χ4n) is 2.76. The molecule has 0 N–H and O–H groups in total. The van der Waals surface area contributed by atoms with E-state index in [2.05, 4.69) is 17.1 Å². The van der Waals surface area contributed by atoms with Crippen molar-refractivity contribution in [3.05, 3.63) is 58.1 Å². The molecule has 1 aliphatic heterocycles. The molecule has 108 valence electrons. The van der Waals surface area contributed by atoms with Crippen LogP contribution in [0.5, 0.6) is 0 Å². The van der Waals surface area contributed by atoms with Crippen LogP contribution in [-0.2, 0) is 4.79 Å². The Kier molecular flexibility index (Phi) is 4.15. The average Bonchev–Trinajstić information content (AvgIpc) is 3.14. The van der Waals surface area contributed by atoms with Gasteiger partial charge < -0.3 is 4.90 Å². The predicted molar refractivity (Wildman–Crippen MR) is 86.0 cm³/mol. The third-order valence-electron chi connectivity index (χ3n) is 3.75. The predicted octanol–water partition coefficient (Wildman–Crippen LogP) is 3.83. The van der Waals surface area contributed by atoms with Gasteiger partial charge in [-0.25, -0.2) is 4.98 Å². The van der Waals surface area contributed by atoms with Crippen LogP contribution < -0.4 is 0 Å². The van der Waals surface area contributed by atoms with Crippen LogP contribution in [0.15, 0.2) is 41.8 Å². The second kappa shape index (κ2) is 6.22. The summed E-state index contributed by atoms with van der Waals surface area (Å²) in [5.41, 5.74) is 2.09. The molecular weight excluding hydrogens is 280 g/mol. The summed E-state index contributed by atoms with van der Waals surface area (Å²) in [5, 5.41) is 2.99. The van der Waals surface area contributed by atoms with Crippen LogP contribution in [0.1, 0.15) is 35.1 Å². The number of hydrogen-bond acceptors (Lipinski definition) is 3. The number of benzene rings is 1. The summed E-state index contributed by atoms with van der Waals surface area (Å²) in [4.78, 5) is 18.7. The fraction of sp³-hybridized carbons (Fsp3) is 0.294. The number of aryl methyl sites for hydroxylation is 1. The maximum Gasteiger partial charge on any atom is 0.247 e. The van der Waals surface area contributed by atoms with Crippen LogP contribution in [0.2, 0.25) is 0 Å². The first kappa shape index (κ1) is 14.0. The van der Waals surface area contributed by atoms with Gasteiger partial charge in [0, 0.05) is 18.0 Å². The Morgan fingerprint density at radius 3 is 2.90 bits per heavy atom. The van der Waals surface area contributed by atoms with Crippen molar-refractivity contribution < 1.29 is 4.79 Å². The molecule has 21 heavy (non-hydrogen) atoms. The van der Waals surface area contributed by atoms with Crippen LogP contribution in [-0.4, -0.2) is 22.3 Å². The molecule has 1 unspecified atom stereocenters. The van der Waals surface area contributed by atoms with E-state index in [-0.39, 0.29) is 11.9 Å². The van der Waals surface area contributed by atoms with Gasteiger partial charge in [-0.15, -0.1) is 11.3 Å². The highest BCUT2D eigenvalue weighted by atomic mass is 32.1. The smallest absolute Gasteiger partial charge is 0.247 e. The molecule has 3 rings (SSSR count). The highest BCUT2D eigenvalue weighted by Crippen LogP contribution is 2.31. The summed E-state index contributed by atoms with van der Waals surface area (Å²) >= 11 is 1.60. The molecular formula is C17H18N2OS. The van der Waals surface area contributed by atoms with Crippen molar-refractivity contribution in [3.63, 3.8) is 0 Å². The molecule has 1 aromatic heterocycles. The summed E-state index contributed by atoms with van der Waals surface area (Å²) in [7, 11) is 0. The Morgan fingerprint density at radius 2 is 2.19 bits per heavy atom. The highest BCUT2D eigenvalue weighted by molar-refractivity contribution is 7.09. The first-order chi connectivity index (χ1) is 10.2. The van der Waals surface area contributed by atoms with E-state index < -0.39 is 0 Å². The number of likely N-dealkylation sites (tertiary alicyclic amines) is 1. The minimum atomic E-state index is 0.0759. The molecule has 1 fully saturated rings. The molecule has 3 nitrogen and oxygen atoms in total. The SMILES string of the molecule is Cc1nc(/C=C/C(=O)N2CCCC2c2ccccc2)cs1. The molecule has 1 aromatic carbocycles. The van der Waals surface area contributed by atoms with Gasteiger partial charge in [0.05, 0.1) is 16.7 Å². The summed E-state index contributed by atoms with van der Waals surface area (Å²) < 4.78 is 0. The lowest BCUT2D eigenvalue weighted by Crippen LogP contribution is -2.28. The normalized spacial score (nSPS) is 18.5. The van der Waals surface area contributed by atoms with Crippen molar-refractivity contribution in [1.82, 2.24) is 9.88 Å². The lowest BCUT2D eigenvalue weighted by Gasteiger charge is -2.23. The van der Waals surface area contributed by atoms with Gasteiger partial charge in [-0.1, -0.05) is 30.3 Å². The second-order valence-corrected chi connectivity index (χ2v) is 6.29. The maximum atomic E-state index is 12.4. The third-order valence-corrected chi connectivity index (χ3v) is 4.55. The van der Waals surface area contributed by atoms with E-state index in [0.717, 1.165) is 30.1 Å². The van der Waals surface area contributed by atoms with Gasteiger partial charge in [-0.3, -0.25) is 4.79 Å². The van der Waals surface area contributed by atoms with E-state index >= 15 is 0 Å². The van der Waals surface area contributed by atoms with E-state index in [1.165, 1.54) is 5.56 Å². The van der Waals surface area contributed by atoms with Crippen molar-refractivity contribution >= 4 is 23.3 Å². The van der Waals surface area contributed by atoms with Gasteiger partial charge in [-0.2, -0.15) is 0 Å². The minimum Gasteiger partial charge on any atom is -0.332 e. The van der Waals surface area contributed by atoms with Crippen molar-refractivity contribution in [1.29, 1.82) is 0 Å². The van der Waals surface area contributed by atoms with E-state index in [4.69, 9.17) is 0 Å². The maximum absolute atomic E-state index is 12.4. The van der Waals surface area contributed by atoms with E-state index in [1.54, 1.807) is 17.4 Å². The topological polar surface area (TPSA) is 33.2 Å². The van der Waals surface area contributed by atoms with Gasteiger partial charge in [0.1, 0.15) is 0 Å². The number of nitrogens with zero attached hydrogens (tertiary/aromatic N) is 2. The molecule has 0 saturated carbocycles. The standard InChI is InChI=1S/C17H18N2OS/c1-13-18-15(12-21-13)9-10-17(20)19-11-5-8-16(19)14-6-3-2-4-7-14/h2-4,6-7,9-10,12,16H,5,8,11H2,1H3/b10-9+. The Balaban J connectivity index is 1.73. The molecule has 1 saturated heterocycles. The zero-order chi connectivity index (χ0) is 14.7. The van der Waals surface area contributed by atoms with Crippen molar-refractivity contribution in [2.24, 2.45) is 0 Å². The Bertz CT molecular complexity index is 648. The Labute approximate surface area is 128 Å². The van der Waals surface area contributed by atoms with Crippen LogP contribution in [0.4, 0.5) is 0 Å². The van der Waals surface area contributed by atoms with Gasteiger partial charge in [0.25, 0.3) is 0 Å². The average molecular weight is 298 g/mol. The fourth-order valence-corrected chi connectivity index (χ4v) is 3.34. The first-order valence-electron chi connectivity index (χ1n) is 7.20. The number of aromatic nitrogens is 1. The number of rotatable bonds is 3. The van der Waals surface area contributed by atoms with Gasteiger partial charge in [0.15, 0.2) is 0 Å². The lowest BCUT2D eigenvalue weighted by atomic mass is 10.0. The number of thiazole rings is 1. The lowest BCUT2D eigenvalue weighted by molar-refractivity contribution is -0.126. The largest absolute Gasteiger partial charge is 0.332 e. The molecule has 2 heterocycles. The van der Waals surface area contributed by atoms with E-state index in [9.17, 15) is 4.79 Å². The number of hydrogen-bond donors (Lipinski definition) is 0. The summed E-state index contributed by atoms with van der Waals surface area (Å²) in [6.07, 6.45) is 5.57. The molecule has 0 aliphatic carbocycles. The highest BCUT2D eigenvalue weighted by Gasteiger charge is 2.28. The first-order valence-corrected chi connectivity index (χ1v) is 8.08.